The second kappa shape index (κ2) is 11.2. The molecule has 0 aliphatic rings. The molecule has 0 saturated heterocycles. The summed E-state index contributed by atoms with van der Waals surface area (Å²) in [6.45, 7) is 6.87. The Morgan fingerprint density at radius 1 is 1.24 bits per heavy atom. The Bertz CT molecular complexity index is 1470. The summed E-state index contributed by atoms with van der Waals surface area (Å²) in [4.78, 5) is 26.7. The lowest BCUT2D eigenvalue weighted by Crippen LogP contribution is -2.31. The van der Waals surface area contributed by atoms with Gasteiger partial charge in [-0.2, -0.15) is 0 Å². The Morgan fingerprint density at radius 2 is 1.95 bits per heavy atom. The molecule has 0 bridgehead atoms. The van der Waals surface area contributed by atoms with Crippen LogP contribution < -0.4 is 5.32 Å². The van der Waals surface area contributed by atoms with Crippen LogP contribution in [0.25, 0.3) is 11.1 Å². The summed E-state index contributed by atoms with van der Waals surface area (Å²) in [5.74, 6) is 0. The smallest absolute Gasteiger partial charge is 0.412 e. The van der Waals surface area contributed by atoms with Crippen molar-refractivity contribution >= 4 is 67.7 Å². The van der Waals surface area contributed by atoms with E-state index in [0.717, 1.165) is 17.7 Å². The quantitative estimate of drug-likeness (QED) is 0.104. The van der Waals surface area contributed by atoms with Crippen molar-refractivity contribution in [3.63, 3.8) is 0 Å². The molecule has 0 unspecified atom stereocenters. The van der Waals surface area contributed by atoms with Gasteiger partial charge in [0.15, 0.2) is 0 Å². The molecule has 196 valence electrons. The number of non-ortho nitro benzene ring substituents is 1. The van der Waals surface area contributed by atoms with Crippen LogP contribution in [0.1, 0.15) is 26.3 Å². The standard InChI is InChI=1S/C24H24ClN3O6S3/c1-14-9-16(28(30)31)11-18(25)21(14)15-7-6-8-17(10-15)37(32,33)19-12-20(36-22(19)35-5)26-13-27-23(29)34-24(2,3)4/h6-13H,1-5H3,(H,26,27,29). The van der Waals surface area contributed by atoms with Crippen molar-refractivity contribution < 1.29 is 22.9 Å². The molecule has 1 aromatic heterocycles. The summed E-state index contributed by atoms with van der Waals surface area (Å²) in [6.07, 6.45) is 2.23. The van der Waals surface area contributed by atoms with E-state index in [1.807, 2.05) is 0 Å². The molecule has 13 heteroatoms. The second-order valence-corrected chi connectivity index (χ2v) is 13.2. The lowest BCUT2D eigenvalue weighted by molar-refractivity contribution is -0.384. The summed E-state index contributed by atoms with van der Waals surface area (Å²) < 4.78 is 32.9. The molecule has 3 aromatic rings. The predicted molar refractivity (Wildman–Crippen MR) is 147 cm³/mol. The molecule has 1 amide bonds. The number of nitrogens with zero attached hydrogens (tertiary/aromatic N) is 2. The first-order valence-electron chi connectivity index (χ1n) is 10.7. The third kappa shape index (κ3) is 6.89. The minimum absolute atomic E-state index is 0.0364. The van der Waals surface area contributed by atoms with Gasteiger partial charge in [0.05, 0.1) is 30.3 Å². The van der Waals surface area contributed by atoms with Crippen molar-refractivity contribution in [1.29, 1.82) is 0 Å². The number of rotatable bonds is 7. The highest BCUT2D eigenvalue weighted by Gasteiger charge is 2.25. The van der Waals surface area contributed by atoms with E-state index >= 15 is 0 Å². The van der Waals surface area contributed by atoms with E-state index in [1.54, 1.807) is 46.1 Å². The Labute approximate surface area is 228 Å². The van der Waals surface area contributed by atoms with E-state index < -0.39 is 26.5 Å². The topological polar surface area (TPSA) is 128 Å². The third-order valence-electron chi connectivity index (χ3n) is 4.82. The zero-order chi connectivity index (χ0) is 27.5. The molecular formula is C24H24ClN3O6S3. The number of hydrogen-bond acceptors (Lipinski definition) is 9. The number of sulfone groups is 1. The van der Waals surface area contributed by atoms with Gasteiger partial charge in [-0.1, -0.05) is 23.7 Å². The molecule has 0 spiro atoms. The monoisotopic (exact) mass is 581 g/mol. The van der Waals surface area contributed by atoms with Crippen LogP contribution >= 0.6 is 34.7 Å². The van der Waals surface area contributed by atoms with Crippen molar-refractivity contribution in [1.82, 2.24) is 5.32 Å². The molecule has 0 fully saturated rings. The van der Waals surface area contributed by atoms with E-state index in [9.17, 15) is 23.3 Å². The van der Waals surface area contributed by atoms with Gasteiger partial charge in [0.25, 0.3) is 5.69 Å². The highest BCUT2D eigenvalue weighted by Crippen LogP contribution is 2.42. The lowest BCUT2D eigenvalue weighted by Gasteiger charge is -2.18. The molecule has 3 rings (SSSR count). The fourth-order valence-electron chi connectivity index (χ4n) is 3.34. The largest absolute Gasteiger partial charge is 0.444 e. The SMILES string of the molecule is CSc1sc(/N=C/NC(=O)OC(C)(C)C)cc1S(=O)(=O)c1cccc(-c2c(C)cc([N+](=O)[O-])cc2Cl)c1. The van der Waals surface area contributed by atoms with Gasteiger partial charge in [-0.15, -0.1) is 23.1 Å². The Morgan fingerprint density at radius 3 is 2.54 bits per heavy atom. The van der Waals surface area contributed by atoms with Gasteiger partial charge in [0, 0.05) is 17.7 Å². The van der Waals surface area contributed by atoms with E-state index in [-0.39, 0.29) is 20.5 Å². The fourth-order valence-corrected chi connectivity index (χ4v) is 7.58. The van der Waals surface area contributed by atoms with Crippen molar-refractivity contribution in [2.24, 2.45) is 4.99 Å². The molecule has 9 nitrogen and oxygen atoms in total. The number of amides is 1. The maximum atomic E-state index is 13.6. The maximum absolute atomic E-state index is 13.6. The predicted octanol–water partition coefficient (Wildman–Crippen LogP) is 7.02. The average Bonchev–Trinajstić information content (AvgIpc) is 3.21. The first-order valence-corrected chi connectivity index (χ1v) is 14.6. The van der Waals surface area contributed by atoms with E-state index in [2.05, 4.69) is 10.3 Å². The highest BCUT2D eigenvalue weighted by atomic mass is 35.5. The Balaban J connectivity index is 1.95. The van der Waals surface area contributed by atoms with Crippen molar-refractivity contribution in [3.8, 4) is 11.1 Å². The van der Waals surface area contributed by atoms with Crippen molar-refractivity contribution in [3.05, 3.63) is 63.2 Å². The Kier molecular flexibility index (Phi) is 8.68. The van der Waals surface area contributed by atoms with Crippen molar-refractivity contribution in [2.75, 3.05) is 6.26 Å². The summed E-state index contributed by atoms with van der Waals surface area (Å²) in [5, 5.41) is 14.1. The zero-order valence-corrected chi connectivity index (χ0v) is 23.8. The van der Waals surface area contributed by atoms with Crippen LogP contribution in [0.15, 0.2) is 61.5 Å². The molecule has 0 aliphatic heterocycles. The number of carbonyl (C=O) groups excluding carboxylic acids is 1. The maximum Gasteiger partial charge on any atom is 0.412 e. The third-order valence-corrected chi connectivity index (χ3v) is 9.33. The lowest BCUT2D eigenvalue weighted by atomic mass is 10.00. The number of aryl methyl sites for hydroxylation is 1. The number of thioether (sulfide) groups is 1. The number of hydrogen-bond donors (Lipinski definition) is 1. The summed E-state index contributed by atoms with van der Waals surface area (Å²) >= 11 is 8.77. The van der Waals surface area contributed by atoms with Gasteiger partial charge in [-0.05, 0) is 63.3 Å². The van der Waals surface area contributed by atoms with Crippen LogP contribution in [-0.2, 0) is 14.6 Å². The van der Waals surface area contributed by atoms with Crippen LogP contribution in [0.5, 0.6) is 0 Å². The van der Waals surface area contributed by atoms with E-state index in [1.165, 1.54) is 42.1 Å². The number of carbonyl (C=O) groups is 1. The number of benzene rings is 2. The highest BCUT2D eigenvalue weighted by molar-refractivity contribution is 8.01. The molecule has 0 radical (unpaired) electrons. The van der Waals surface area contributed by atoms with E-state index in [4.69, 9.17) is 16.3 Å². The fraction of sp³-hybridized carbons (Fsp3) is 0.250. The van der Waals surface area contributed by atoms with Gasteiger partial charge >= 0.3 is 6.09 Å². The van der Waals surface area contributed by atoms with Crippen LogP contribution in [0, 0.1) is 17.0 Å². The normalized spacial score (nSPS) is 12.1. The van der Waals surface area contributed by atoms with Gasteiger partial charge in [0.2, 0.25) is 9.84 Å². The number of thiophene rings is 1. The molecule has 2 aromatic carbocycles. The number of alkyl carbamates (subject to hydrolysis) is 1. The van der Waals surface area contributed by atoms with Gasteiger partial charge < -0.3 is 4.74 Å². The number of halogens is 1. The molecule has 0 aliphatic carbocycles. The minimum Gasteiger partial charge on any atom is -0.444 e. The molecule has 0 saturated carbocycles. The molecular weight excluding hydrogens is 558 g/mol. The van der Waals surface area contributed by atoms with Crippen LogP contribution in [-0.4, -0.2) is 37.6 Å². The summed E-state index contributed by atoms with van der Waals surface area (Å²) in [5.41, 5.74) is 0.757. The Hall–Kier alpha value is -2.93. The van der Waals surface area contributed by atoms with Gasteiger partial charge in [0.1, 0.15) is 10.6 Å². The molecule has 1 heterocycles. The molecule has 1 N–H and O–H groups in total. The van der Waals surface area contributed by atoms with Crippen LogP contribution in [0.4, 0.5) is 15.5 Å². The van der Waals surface area contributed by atoms with E-state index in [0.29, 0.717) is 25.9 Å². The summed E-state index contributed by atoms with van der Waals surface area (Å²) in [7, 11) is -3.95. The number of nitro benzene ring substituents is 1. The van der Waals surface area contributed by atoms with Crippen LogP contribution in [0.3, 0.4) is 0 Å². The number of ether oxygens (including phenoxy) is 1. The average molecular weight is 582 g/mol. The first kappa shape index (κ1) is 28.6. The van der Waals surface area contributed by atoms with Crippen LogP contribution in [0.2, 0.25) is 5.02 Å². The first-order chi connectivity index (χ1) is 17.2. The molecule has 0 atom stereocenters. The van der Waals surface area contributed by atoms with Crippen molar-refractivity contribution in [2.45, 2.75) is 47.3 Å². The zero-order valence-electron chi connectivity index (χ0n) is 20.6. The number of nitro groups is 1. The number of nitrogens with one attached hydrogen (secondary N) is 1. The van der Waals surface area contributed by atoms with Gasteiger partial charge in [-0.3, -0.25) is 15.4 Å². The number of aliphatic imine (C=N–C) groups is 1. The summed E-state index contributed by atoms with van der Waals surface area (Å²) in [6, 6.07) is 10.3. The minimum atomic E-state index is -3.95. The van der Waals surface area contributed by atoms with Gasteiger partial charge in [-0.25, -0.2) is 18.2 Å². The molecule has 37 heavy (non-hydrogen) atoms. The second-order valence-electron chi connectivity index (χ2n) is 8.75.